The maximum atomic E-state index is 8.40. The first-order valence-electron chi connectivity index (χ1n) is 4.36. The van der Waals surface area contributed by atoms with Crippen LogP contribution in [0, 0.1) is 11.3 Å². The molecule has 70 valence electrons. The summed E-state index contributed by atoms with van der Waals surface area (Å²) >= 11 is 0. The van der Waals surface area contributed by atoms with Crippen molar-refractivity contribution in [3.8, 4) is 6.07 Å². The van der Waals surface area contributed by atoms with Gasteiger partial charge in [-0.2, -0.15) is 5.26 Å². The Balaban J connectivity index is 3.61. The van der Waals surface area contributed by atoms with Gasteiger partial charge in [0.05, 0.1) is 12.6 Å². The summed E-state index contributed by atoms with van der Waals surface area (Å²) in [5.74, 6) is 0. The molecule has 1 unspecified atom stereocenters. The Bertz CT molecular complexity index is 158. The Morgan fingerprint density at radius 3 is 2.58 bits per heavy atom. The van der Waals surface area contributed by atoms with Crippen LogP contribution in [-0.4, -0.2) is 30.6 Å². The fraction of sp³-hybridized carbons (Fsp3) is 0.889. The number of nitriles is 1. The first-order valence-corrected chi connectivity index (χ1v) is 4.36. The van der Waals surface area contributed by atoms with Crippen LogP contribution in [0.1, 0.15) is 26.7 Å². The second kappa shape index (κ2) is 5.13. The number of hydrogen-bond donors (Lipinski definition) is 1. The van der Waals surface area contributed by atoms with Gasteiger partial charge < -0.3 is 5.73 Å². The van der Waals surface area contributed by atoms with Crippen molar-refractivity contribution in [2.45, 2.75) is 32.2 Å². The maximum absolute atomic E-state index is 8.40. The summed E-state index contributed by atoms with van der Waals surface area (Å²) in [4.78, 5) is 1.99. The van der Waals surface area contributed by atoms with Gasteiger partial charge in [-0.15, -0.1) is 0 Å². The zero-order valence-electron chi connectivity index (χ0n) is 8.30. The Labute approximate surface area is 75.2 Å². The molecule has 1 atom stereocenters. The average Bonchev–Trinajstić information content (AvgIpc) is 2.02. The molecule has 0 aliphatic carbocycles. The van der Waals surface area contributed by atoms with Gasteiger partial charge in [0.15, 0.2) is 0 Å². The molecule has 0 heterocycles. The van der Waals surface area contributed by atoms with Gasteiger partial charge >= 0.3 is 0 Å². The first kappa shape index (κ1) is 11.4. The highest BCUT2D eigenvalue weighted by molar-refractivity contribution is 4.80. The van der Waals surface area contributed by atoms with E-state index in [0.29, 0.717) is 6.54 Å². The molecule has 0 radical (unpaired) electrons. The zero-order valence-corrected chi connectivity index (χ0v) is 8.30. The van der Waals surface area contributed by atoms with Gasteiger partial charge in [-0.3, -0.25) is 4.90 Å². The number of hydrogen-bond acceptors (Lipinski definition) is 3. The Kier molecular flexibility index (Phi) is 4.87. The number of nitrogens with two attached hydrogens (primary N) is 1. The Morgan fingerprint density at radius 2 is 2.17 bits per heavy atom. The topological polar surface area (TPSA) is 53.0 Å². The number of nitrogens with zero attached hydrogens (tertiary/aromatic N) is 2. The maximum Gasteiger partial charge on any atom is 0.0863 e. The Morgan fingerprint density at radius 1 is 1.58 bits per heavy atom. The van der Waals surface area contributed by atoms with Crippen LogP contribution in [-0.2, 0) is 0 Å². The highest BCUT2D eigenvalue weighted by atomic mass is 15.1. The van der Waals surface area contributed by atoms with Gasteiger partial charge in [0.2, 0.25) is 0 Å². The van der Waals surface area contributed by atoms with Gasteiger partial charge in [0.1, 0.15) is 0 Å². The molecule has 0 aromatic heterocycles. The molecule has 0 aromatic rings. The lowest BCUT2D eigenvalue weighted by Crippen LogP contribution is -2.38. The molecule has 0 rings (SSSR count). The molecule has 3 heteroatoms. The summed E-state index contributed by atoms with van der Waals surface area (Å²) in [5, 5.41) is 8.40. The van der Waals surface area contributed by atoms with E-state index in [0.717, 1.165) is 19.4 Å². The molecule has 12 heavy (non-hydrogen) atoms. The molecule has 0 aromatic carbocycles. The normalized spacial score (nSPS) is 15.7. The third-order valence-corrected chi connectivity index (χ3v) is 2.21. The molecular weight excluding hydrogens is 150 g/mol. The van der Waals surface area contributed by atoms with Gasteiger partial charge in [0, 0.05) is 12.1 Å². The molecule has 0 aliphatic heterocycles. The minimum atomic E-state index is -0.0796. The highest BCUT2D eigenvalue weighted by Gasteiger charge is 2.15. The highest BCUT2D eigenvalue weighted by Crippen LogP contribution is 2.09. The number of rotatable bonds is 5. The summed E-state index contributed by atoms with van der Waals surface area (Å²) in [6.07, 6.45) is 1.93. The van der Waals surface area contributed by atoms with Gasteiger partial charge in [0.25, 0.3) is 0 Å². The van der Waals surface area contributed by atoms with Crippen molar-refractivity contribution < 1.29 is 0 Å². The Hall–Kier alpha value is -0.590. The van der Waals surface area contributed by atoms with E-state index < -0.39 is 0 Å². The largest absolute Gasteiger partial charge is 0.325 e. The SMILES string of the molecule is CCC(C)(N)CCN(C)CC#N. The van der Waals surface area contributed by atoms with Crippen molar-refractivity contribution in [1.82, 2.24) is 4.90 Å². The van der Waals surface area contributed by atoms with E-state index in [1.165, 1.54) is 0 Å². The summed E-state index contributed by atoms with van der Waals surface area (Å²) in [6.45, 7) is 5.52. The van der Waals surface area contributed by atoms with E-state index in [2.05, 4.69) is 13.0 Å². The molecule has 0 spiro atoms. The lowest BCUT2D eigenvalue weighted by Gasteiger charge is -2.25. The molecule has 2 N–H and O–H groups in total. The molecule has 0 saturated heterocycles. The molecule has 0 saturated carbocycles. The lowest BCUT2D eigenvalue weighted by atomic mass is 9.96. The predicted octanol–water partition coefficient (Wildman–Crippen LogP) is 0.959. The summed E-state index contributed by atoms with van der Waals surface area (Å²) in [6, 6.07) is 2.11. The zero-order chi connectivity index (χ0) is 9.61. The fourth-order valence-corrected chi connectivity index (χ4v) is 0.823. The molecule has 0 fully saturated rings. The van der Waals surface area contributed by atoms with Crippen LogP contribution >= 0.6 is 0 Å². The molecule has 0 amide bonds. The molecular formula is C9H19N3. The van der Waals surface area contributed by atoms with Crippen LogP contribution in [0.3, 0.4) is 0 Å². The summed E-state index contributed by atoms with van der Waals surface area (Å²) in [5.41, 5.74) is 5.87. The van der Waals surface area contributed by atoms with Crippen LogP contribution < -0.4 is 5.73 Å². The summed E-state index contributed by atoms with van der Waals surface area (Å²) < 4.78 is 0. The quantitative estimate of drug-likeness (QED) is 0.624. The molecule has 0 aliphatic rings. The van der Waals surface area contributed by atoms with E-state index in [1.807, 2.05) is 18.9 Å². The third kappa shape index (κ3) is 5.11. The van der Waals surface area contributed by atoms with Gasteiger partial charge in [-0.25, -0.2) is 0 Å². The van der Waals surface area contributed by atoms with Crippen LogP contribution in [0.15, 0.2) is 0 Å². The van der Waals surface area contributed by atoms with Crippen molar-refractivity contribution in [3.05, 3.63) is 0 Å². The van der Waals surface area contributed by atoms with Crippen LogP contribution in [0.25, 0.3) is 0 Å². The predicted molar refractivity (Wildman–Crippen MR) is 50.6 cm³/mol. The summed E-state index contributed by atoms with van der Waals surface area (Å²) in [7, 11) is 1.94. The van der Waals surface area contributed by atoms with E-state index in [-0.39, 0.29) is 5.54 Å². The third-order valence-electron chi connectivity index (χ3n) is 2.21. The van der Waals surface area contributed by atoms with E-state index >= 15 is 0 Å². The van der Waals surface area contributed by atoms with Crippen molar-refractivity contribution in [3.63, 3.8) is 0 Å². The van der Waals surface area contributed by atoms with Gasteiger partial charge in [-0.1, -0.05) is 6.92 Å². The molecule has 3 nitrogen and oxygen atoms in total. The van der Waals surface area contributed by atoms with E-state index in [1.54, 1.807) is 0 Å². The monoisotopic (exact) mass is 169 g/mol. The lowest BCUT2D eigenvalue weighted by molar-refractivity contribution is 0.306. The van der Waals surface area contributed by atoms with Crippen molar-refractivity contribution in [1.29, 1.82) is 5.26 Å². The first-order chi connectivity index (χ1) is 5.52. The van der Waals surface area contributed by atoms with Crippen molar-refractivity contribution in [2.24, 2.45) is 5.73 Å². The fourth-order valence-electron chi connectivity index (χ4n) is 0.823. The standard InChI is InChI=1S/C9H19N3/c1-4-9(2,11)5-7-12(3)8-6-10/h4-5,7-8,11H2,1-3H3. The minimum absolute atomic E-state index is 0.0796. The average molecular weight is 169 g/mol. The molecule has 0 bridgehead atoms. The van der Waals surface area contributed by atoms with Crippen LogP contribution in [0.4, 0.5) is 0 Å². The van der Waals surface area contributed by atoms with Crippen molar-refractivity contribution in [2.75, 3.05) is 20.1 Å². The van der Waals surface area contributed by atoms with E-state index in [9.17, 15) is 0 Å². The van der Waals surface area contributed by atoms with Gasteiger partial charge in [-0.05, 0) is 26.8 Å². The smallest absolute Gasteiger partial charge is 0.0863 e. The van der Waals surface area contributed by atoms with Crippen LogP contribution in [0.5, 0.6) is 0 Å². The second-order valence-corrected chi connectivity index (χ2v) is 3.65. The van der Waals surface area contributed by atoms with Crippen molar-refractivity contribution >= 4 is 0 Å². The van der Waals surface area contributed by atoms with E-state index in [4.69, 9.17) is 11.0 Å². The second-order valence-electron chi connectivity index (χ2n) is 3.65. The van der Waals surface area contributed by atoms with Crippen LogP contribution in [0.2, 0.25) is 0 Å². The minimum Gasteiger partial charge on any atom is -0.325 e.